The van der Waals surface area contributed by atoms with Crippen molar-refractivity contribution in [2.45, 2.75) is 6.92 Å². The summed E-state index contributed by atoms with van der Waals surface area (Å²) < 4.78 is 0.709. The Morgan fingerprint density at radius 3 is 3.08 bits per heavy atom. The standard InChI is InChI=1S/C8H7N3S/c1-5-6-2-8(12)9-3-7(6)11-4-10-5/h2-4H,1H3,(H,9,12). The molecule has 0 atom stereocenters. The normalized spacial score (nSPS) is 10.4. The van der Waals surface area contributed by atoms with Crippen LogP contribution in [0.5, 0.6) is 0 Å². The van der Waals surface area contributed by atoms with Crippen LogP contribution in [0.15, 0.2) is 18.6 Å². The second kappa shape index (κ2) is 2.64. The fourth-order valence-corrected chi connectivity index (χ4v) is 1.28. The molecule has 3 nitrogen and oxygen atoms in total. The second-order valence-corrected chi connectivity index (χ2v) is 3.00. The maximum atomic E-state index is 4.99. The summed E-state index contributed by atoms with van der Waals surface area (Å²) in [5.41, 5.74) is 1.86. The average Bonchev–Trinajstić information content (AvgIpc) is 2.07. The Kier molecular flexibility index (Phi) is 1.62. The van der Waals surface area contributed by atoms with Crippen molar-refractivity contribution in [1.82, 2.24) is 15.0 Å². The van der Waals surface area contributed by atoms with Gasteiger partial charge in [0.25, 0.3) is 0 Å². The summed E-state index contributed by atoms with van der Waals surface area (Å²) in [6.45, 7) is 1.94. The predicted molar refractivity (Wildman–Crippen MR) is 49.5 cm³/mol. The number of nitrogens with zero attached hydrogens (tertiary/aromatic N) is 2. The Labute approximate surface area is 74.5 Å². The van der Waals surface area contributed by atoms with Gasteiger partial charge in [0.05, 0.1) is 5.52 Å². The fraction of sp³-hybridized carbons (Fsp3) is 0.125. The van der Waals surface area contributed by atoms with Gasteiger partial charge in [-0.1, -0.05) is 12.2 Å². The minimum Gasteiger partial charge on any atom is -0.351 e. The van der Waals surface area contributed by atoms with Crippen LogP contribution < -0.4 is 0 Å². The van der Waals surface area contributed by atoms with Crippen molar-refractivity contribution in [3.05, 3.63) is 28.9 Å². The Morgan fingerprint density at radius 1 is 1.42 bits per heavy atom. The van der Waals surface area contributed by atoms with Gasteiger partial charge in [-0.2, -0.15) is 0 Å². The third-order valence-corrected chi connectivity index (χ3v) is 1.98. The molecular formula is C8H7N3S. The molecule has 1 N–H and O–H groups in total. The van der Waals surface area contributed by atoms with Crippen LogP contribution in [-0.4, -0.2) is 15.0 Å². The number of rotatable bonds is 0. The minimum atomic E-state index is 0.709. The fourth-order valence-electron chi connectivity index (χ4n) is 1.11. The first-order valence-electron chi connectivity index (χ1n) is 3.57. The van der Waals surface area contributed by atoms with Crippen LogP contribution in [0.25, 0.3) is 10.9 Å². The van der Waals surface area contributed by atoms with E-state index in [0.29, 0.717) is 4.64 Å². The summed E-state index contributed by atoms with van der Waals surface area (Å²) in [5.74, 6) is 0. The number of aromatic amines is 1. The lowest BCUT2D eigenvalue weighted by Crippen LogP contribution is -1.87. The lowest BCUT2D eigenvalue weighted by atomic mass is 10.2. The zero-order chi connectivity index (χ0) is 8.55. The van der Waals surface area contributed by atoms with E-state index >= 15 is 0 Å². The molecule has 0 spiro atoms. The molecule has 0 saturated heterocycles. The highest BCUT2D eigenvalue weighted by atomic mass is 32.1. The molecule has 0 aromatic carbocycles. The summed E-state index contributed by atoms with van der Waals surface area (Å²) in [7, 11) is 0. The van der Waals surface area contributed by atoms with E-state index in [2.05, 4.69) is 15.0 Å². The van der Waals surface area contributed by atoms with E-state index in [9.17, 15) is 0 Å². The van der Waals surface area contributed by atoms with Gasteiger partial charge in [0.1, 0.15) is 11.0 Å². The third kappa shape index (κ3) is 1.10. The van der Waals surface area contributed by atoms with E-state index in [-0.39, 0.29) is 0 Å². The molecule has 2 aromatic rings. The zero-order valence-corrected chi connectivity index (χ0v) is 7.35. The molecule has 2 rings (SSSR count). The van der Waals surface area contributed by atoms with Gasteiger partial charge in [-0.25, -0.2) is 9.97 Å². The van der Waals surface area contributed by atoms with Crippen LogP contribution in [0.2, 0.25) is 0 Å². The summed E-state index contributed by atoms with van der Waals surface area (Å²) >= 11 is 4.99. The lowest BCUT2D eigenvalue weighted by molar-refractivity contribution is 1.14. The van der Waals surface area contributed by atoms with Gasteiger partial charge in [0, 0.05) is 17.3 Å². The zero-order valence-electron chi connectivity index (χ0n) is 6.53. The molecule has 0 amide bonds. The number of H-pyrrole nitrogens is 1. The van der Waals surface area contributed by atoms with Crippen LogP contribution in [0.1, 0.15) is 5.69 Å². The molecule has 0 aliphatic heterocycles. The molecule has 0 unspecified atom stereocenters. The van der Waals surface area contributed by atoms with Gasteiger partial charge in [-0.05, 0) is 13.0 Å². The summed E-state index contributed by atoms with van der Waals surface area (Å²) in [6, 6.07) is 1.88. The van der Waals surface area contributed by atoms with E-state index in [4.69, 9.17) is 12.2 Å². The summed E-state index contributed by atoms with van der Waals surface area (Å²) in [4.78, 5) is 11.1. The Balaban J connectivity index is 2.97. The van der Waals surface area contributed by atoms with Crippen molar-refractivity contribution in [2.24, 2.45) is 0 Å². The molecule has 0 radical (unpaired) electrons. The first-order valence-corrected chi connectivity index (χ1v) is 3.98. The van der Waals surface area contributed by atoms with E-state index in [1.165, 1.54) is 0 Å². The monoisotopic (exact) mass is 177 g/mol. The van der Waals surface area contributed by atoms with E-state index < -0.39 is 0 Å². The van der Waals surface area contributed by atoms with Crippen molar-refractivity contribution in [1.29, 1.82) is 0 Å². The average molecular weight is 177 g/mol. The number of nitrogens with one attached hydrogen (secondary N) is 1. The number of hydrogen-bond donors (Lipinski definition) is 1. The number of hydrogen-bond acceptors (Lipinski definition) is 3. The number of pyridine rings is 1. The van der Waals surface area contributed by atoms with Gasteiger partial charge in [0.15, 0.2) is 0 Å². The quantitative estimate of drug-likeness (QED) is 0.626. The maximum absolute atomic E-state index is 4.99. The van der Waals surface area contributed by atoms with E-state index in [1.807, 2.05) is 13.0 Å². The lowest BCUT2D eigenvalue weighted by Gasteiger charge is -1.97. The minimum absolute atomic E-state index is 0.709. The molecule has 12 heavy (non-hydrogen) atoms. The SMILES string of the molecule is Cc1ncnc2c[nH]c(=S)cc12. The topological polar surface area (TPSA) is 41.6 Å². The highest BCUT2D eigenvalue weighted by Gasteiger charge is 1.96. The van der Waals surface area contributed by atoms with Crippen molar-refractivity contribution in [2.75, 3.05) is 0 Å². The molecule has 4 heteroatoms. The summed E-state index contributed by atoms with van der Waals surface area (Å²) in [5, 5.41) is 1.02. The molecule has 2 heterocycles. The molecule has 0 aliphatic rings. The first-order chi connectivity index (χ1) is 5.77. The molecule has 0 aliphatic carbocycles. The van der Waals surface area contributed by atoms with Crippen molar-refractivity contribution < 1.29 is 0 Å². The second-order valence-electron chi connectivity index (χ2n) is 2.56. The smallest absolute Gasteiger partial charge is 0.116 e. The molecule has 0 fully saturated rings. The van der Waals surface area contributed by atoms with E-state index in [0.717, 1.165) is 16.6 Å². The van der Waals surface area contributed by atoms with Crippen LogP contribution in [0, 0.1) is 11.6 Å². The Hall–Kier alpha value is -1.29. The van der Waals surface area contributed by atoms with Gasteiger partial charge in [-0.3, -0.25) is 0 Å². The van der Waals surface area contributed by atoms with Crippen LogP contribution in [-0.2, 0) is 0 Å². The number of aryl methyl sites for hydroxylation is 1. The van der Waals surface area contributed by atoms with Gasteiger partial charge in [-0.15, -0.1) is 0 Å². The maximum Gasteiger partial charge on any atom is 0.116 e. The highest BCUT2D eigenvalue weighted by molar-refractivity contribution is 7.71. The van der Waals surface area contributed by atoms with Crippen LogP contribution in [0.4, 0.5) is 0 Å². The van der Waals surface area contributed by atoms with Crippen LogP contribution in [0.3, 0.4) is 0 Å². The molecular weight excluding hydrogens is 170 g/mol. The highest BCUT2D eigenvalue weighted by Crippen LogP contribution is 2.11. The van der Waals surface area contributed by atoms with Crippen molar-refractivity contribution in [3.8, 4) is 0 Å². The number of aromatic nitrogens is 3. The Morgan fingerprint density at radius 2 is 2.25 bits per heavy atom. The molecule has 2 aromatic heterocycles. The van der Waals surface area contributed by atoms with Crippen molar-refractivity contribution in [3.63, 3.8) is 0 Å². The van der Waals surface area contributed by atoms with Gasteiger partial charge >= 0.3 is 0 Å². The summed E-state index contributed by atoms with van der Waals surface area (Å²) in [6.07, 6.45) is 3.35. The largest absolute Gasteiger partial charge is 0.351 e. The van der Waals surface area contributed by atoms with E-state index in [1.54, 1.807) is 12.5 Å². The predicted octanol–water partition coefficient (Wildman–Crippen LogP) is 2.00. The first kappa shape index (κ1) is 7.36. The van der Waals surface area contributed by atoms with Crippen molar-refractivity contribution >= 4 is 23.1 Å². The van der Waals surface area contributed by atoms with Gasteiger partial charge < -0.3 is 4.98 Å². The van der Waals surface area contributed by atoms with Crippen LogP contribution >= 0.6 is 12.2 Å². The molecule has 0 saturated carbocycles. The number of fused-ring (bicyclic) bond motifs is 1. The van der Waals surface area contributed by atoms with Gasteiger partial charge in [0.2, 0.25) is 0 Å². The molecule has 60 valence electrons. The Bertz CT molecular complexity index is 475. The molecule has 0 bridgehead atoms. The third-order valence-electron chi connectivity index (χ3n) is 1.74.